The third-order valence-corrected chi connectivity index (χ3v) is 6.10. The van der Waals surface area contributed by atoms with Crippen LogP contribution in [0.3, 0.4) is 0 Å². The highest BCUT2D eigenvalue weighted by molar-refractivity contribution is 7.98. The van der Waals surface area contributed by atoms with Crippen LogP contribution >= 0.6 is 11.8 Å². The average molecular weight is 409 g/mol. The lowest BCUT2D eigenvalue weighted by Crippen LogP contribution is -2.38. The topological polar surface area (TPSA) is 32.7 Å². The Morgan fingerprint density at radius 1 is 1.24 bits per heavy atom. The van der Waals surface area contributed by atoms with Crippen molar-refractivity contribution in [2.75, 3.05) is 6.26 Å². The molecule has 2 atom stereocenters. The fraction of sp³-hybridized carbons (Fsp3) is 0.360. The summed E-state index contributed by atoms with van der Waals surface area (Å²) in [6.45, 7) is 10.1. The minimum absolute atomic E-state index is 0.0616. The van der Waals surface area contributed by atoms with Crippen molar-refractivity contribution in [3.63, 3.8) is 0 Å². The van der Waals surface area contributed by atoms with Gasteiger partial charge in [-0.3, -0.25) is 9.79 Å². The van der Waals surface area contributed by atoms with E-state index in [1.807, 2.05) is 24.1 Å². The number of carbonyl (C=O) groups excluding carboxylic acids is 1. The molecule has 0 aliphatic heterocycles. The van der Waals surface area contributed by atoms with Crippen LogP contribution in [0.15, 0.2) is 71.2 Å². The number of rotatable bonds is 10. The summed E-state index contributed by atoms with van der Waals surface area (Å²) in [6.07, 6.45) is 7.65. The van der Waals surface area contributed by atoms with Gasteiger partial charge in [0.1, 0.15) is 0 Å². The van der Waals surface area contributed by atoms with Gasteiger partial charge in [0, 0.05) is 29.5 Å². The van der Waals surface area contributed by atoms with Gasteiger partial charge in [-0.1, -0.05) is 49.9 Å². The Labute approximate surface area is 179 Å². The van der Waals surface area contributed by atoms with Gasteiger partial charge in [0.15, 0.2) is 0 Å². The van der Waals surface area contributed by atoms with E-state index in [1.165, 1.54) is 5.56 Å². The Hall–Kier alpha value is -2.33. The summed E-state index contributed by atoms with van der Waals surface area (Å²) >= 11 is 1.68. The molecule has 0 spiro atoms. The van der Waals surface area contributed by atoms with Gasteiger partial charge in [0.25, 0.3) is 0 Å². The van der Waals surface area contributed by atoms with E-state index in [4.69, 9.17) is 0 Å². The van der Waals surface area contributed by atoms with Crippen LogP contribution in [-0.4, -0.2) is 29.3 Å². The molecule has 0 saturated carbocycles. The lowest BCUT2D eigenvalue weighted by atomic mass is 9.89. The van der Waals surface area contributed by atoms with Crippen molar-refractivity contribution in [1.82, 2.24) is 4.90 Å². The number of hydrogen-bond donors (Lipinski definition) is 0. The van der Waals surface area contributed by atoms with E-state index < -0.39 is 0 Å². The first-order valence-corrected chi connectivity index (χ1v) is 11.4. The summed E-state index contributed by atoms with van der Waals surface area (Å²) in [6, 6.07) is 16.7. The average Bonchev–Trinajstić information content (AvgIpc) is 2.74. The largest absolute Gasteiger partial charge is 0.316 e. The monoisotopic (exact) mass is 408 g/mol. The van der Waals surface area contributed by atoms with Gasteiger partial charge in [-0.25, -0.2) is 0 Å². The molecule has 0 saturated heterocycles. The quantitative estimate of drug-likeness (QED) is 0.327. The van der Waals surface area contributed by atoms with Crippen LogP contribution in [0.2, 0.25) is 0 Å². The number of aliphatic imine (C=N–C) groups is 1. The molecule has 2 rings (SSSR count). The van der Waals surface area contributed by atoms with Crippen LogP contribution in [0, 0.1) is 0 Å². The zero-order valence-electron chi connectivity index (χ0n) is 18.0. The molecular formula is C25H32N2OS. The predicted molar refractivity (Wildman–Crippen MR) is 126 cm³/mol. The molecule has 0 aliphatic carbocycles. The molecule has 0 aliphatic rings. The second-order valence-corrected chi connectivity index (χ2v) is 7.89. The second kappa shape index (κ2) is 11.6. The first kappa shape index (κ1) is 23.0. The Bertz CT molecular complexity index is 832. The van der Waals surface area contributed by atoms with Gasteiger partial charge in [0.05, 0.1) is 5.69 Å². The van der Waals surface area contributed by atoms with Gasteiger partial charge >= 0.3 is 0 Å². The van der Waals surface area contributed by atoms with Gasteiger partial charge in [-0.2, -0.15) is 0 Å². The first-order valence-electron chi connectivity index (χ1n) is 10.2. The SMILES string of the molecule is C=CN(C(=O)CCc1ccc(SC)c(N=CC)c1)C(C)C(CC)c1ccccc1. The normalized spacial score (nSPS) is 13.2. The van der Waals surface area contributed by atoms with E-state index in [0.29, 0.717) is 12.8 Å². The number of nitrogens with zero attached hydrogens (tertiary/aromatic N) is 2. The van der Waals surface area contributed by atoms with Crippen LogP contribution in [0.1, 0.15) is 50.7 Å². The summed E-state index contributed by atoms with van der Waals surface area (Å²) in [5.41, 5.74) is 3.36. The van der Waals surface area contributed by atoms with Crippen LogP contribution in [0.5, 0.6) is 0 Å². The number of aryl methyl sites for hydroxylation is 1. The number of benzene rings is 2. The maximum absolute atomic E-state index is 13.0. The molecular weight excluding hydrogens is 376 g/mol. The Morgan fingerprint density at radius 2 is 1.97 bits per heavy atom. The fourth-order valence-electron chi connectivity index (χ4n) is 3.76. The summed E-state index contributed by atoms with van der Waals surface area (Å²) in [5.74, 6) is 0.390. The van der Waals surface area contributed by atoms with Crippen molar-refractivity contribution >= 4 is 29.6 Å². The third kappa shape index (κ3) is 6.07. The lowest BCUT2D eigenvalue weighted by molar-refractivity contribution is -0.130. The molecule has 154 valence electrons. The Kier molecular flexibility index (Phi) is 9.20. The van der Waals surface area contributed by atoms with Crippen molar-refractivity contribution < 1.29 is 4.79 Å². The molecule has 29 heavy (non-hydrogen) atoms. The summed E-state index contributed by atoms with van der Waals surface area (Å²) in [7, 11) is 0. The number of carbonyl (C=O) groups is 1. The summed E-state index contributed by atoms with van der Waals surface area (Å²) in [5, 5.41) is 0. The van der Waals surface area contributed by atoms with Gasteiger partial charge in [-0.15, -0.1) is 11.8 Å². The third-order valence-electron chi connectivity index (χ3n) is 5.31. The molecule has 1 amide bonds. The van der Waals surface area contributed by atoms with E-state index in [-0.39, 0.29) is 17.9 Å². The molecule has 0 fully saturated rings. The minimum Gasteiger partial charge on any atom is -0.316 e. The smallest absolute Gasteiger partial charge is 0.227 e. The van der Waals surface area contributed by atoms with Gasteiger partial charge < -0.3 is 4.90 Å². The Balaban J connectivity index is 2.10. The Morgan fingerprint density at radius 3 is 2.55 bits per heavy atom. The standard InChI is InChI=1S/C25H32N2OS/c1-6-22(21-12-10-9-11-13-21)19(4)27(8-3)25(28)17-15-20-14-16-24(29-5)23(18-20)26-7-2/h7-14,16,18-19,22H,3,6,15,17H2,1-2,4-5H3. The van der Waals surface area contributed by atoms with Gasteiger partial charge in [-0.05, 0) is 62.4 Å². The number of amides is 1. The molecule has 0 heterocycles. The van der Waals surface area contributed by atoms with E-state index in [9.17, 15) is 4.79 Å². The second-order valence-electron chi connectivity index (χ2n) is 7.04. The maximum Gasteiger partial charge on any atom is 0.227 e. The molecule has 4 heteroatoms. The molecule has 2 unspecified atom stereocenters. The van der Waals surface area contributed by atoms with Crippen molar-refractivity contribution in [2.24, 2.45) is 4.99 Å². The molecule has 0 aromatic heterocycles. The highest BCUT2D eigenvalue weighted by Gasteiger charge is 2.25. The van der Waals surface area contributed by atoms with Crippen LogP contribution in [-0.2, 0) is 11.2 Å². The number of thioether (sulfide) groups is 1. The number of hydrogen-bond acceptors (Lipinski definition) is 3. The minimum atomic E-state index is 0.0616. The summed E-state index contributed by atoms with van der Waals surface area (Å²) in [4.78, 5) is 20.4. The highest BCUT2D eigenvalue weighted by Crippen LogP contribution is 2.30. The van der Waals surface area contributed by atoms with Crippen molar-refractivity contribution in [3.8, 4) is 0 Å². The van der Waals surface area contributed by atoms with Crippen molar-refractivity contribution in [3.05, 3.63) is 72.4 Å². The van der Waals surface area contributed by atoms with Crippen LogP contribution in [0.4, 0.5) is 5.69 Å². The maximum atomic E-state index is 13.0. The molecule has 2 aromatic rings. The molecule has 3 nitrogen and oxygen atoms in total. The molecule has 0 radical (unpaired) electrons. The first-order chi connectivity index (χ1) is 14.0. The van der Waals surface area contributed by atoms with E-state index in [2.05, 4.69) is 67.9 Å². The summed E-state index contributed by atoms with van der Waals surface area (Å²) < 4.78 is 0. The van der Waals surface area contributed by atoms with E-state index in [1.54, 1.807) is 24.2 Å². The molecule has 2 aromatic carbocycles. The molecule has 0 N–H and O–H groups in total. The predicted octanol–water partition coefficient (Wildman–Crippen LogP) is 6.62. The highest BCUT2D eigenvalue weighted by atomic mass is 32.2. The van der Waals surface area contributed by atoms with Crippen molar-refractivity contribution in [2.45, 2.75) is 56.9 Å². The van der Waals surface area contributed by atoms with Crippen LogP contribution < -0.4 is 0 Å². The lowest BCUT2D eigenvalue weighted by Gasteiger charge is -2.32. The van der Waals surface area contributed by atoms with E-state index >= 15 is 0 Å². The fourth-order valence-corrected chi connectivity index (χ4v) is 4.28. The zero-order chi connectivity index (χ0) is 21.2. The molecule has 0 bridgehead atoms. The van der Waals surface area contributed by atoms with Gasteiger partial charge in [0.2, 0.25) is 5.91 Å². The van der Waals surface area contributed by atoms with Crippen molar-refractivity contribution in [1.29, 1.82) is 0 Å². The van der Waals surface area contributed by atoms with E-state index in [0.717, 1.165) is 22.6 Å². The zero-order valence-corrected chi connectivity index (χ0v) is 18.8. The van der Waals surface area contributed by atoms with Crippen LogP contribution in [0.25, 0.3) is 0 Å².